The van der Waals surface area contributed by atoms with Gasteiger partial charge in [0, 0.05) is 0 Å². The van der Waals surface area contributed by atoms with E-state index in [4.69, 9.17) is 0 Å². The van der Waals surface area contributed by atoms with Gasteiger partial charge < -0.3 is 0 Å². The molecular weight excluding hydrogens is 265 g/mol. The molecule has 0 N–H and O–H groups in total. The number of hydrogen-bond acceptors (Lipinski definition) is 0. The maximum absolute atomic E-state index is 12.8. The number of allylic oxidation sites excluding steroid dienone is 1. The SMILES string of the molecule is C[n+]1[cH-][n+](-c2cccc(C(F)(F)F)c2)c2c1C[CH-]C=C2. The van der Waals surface area contributed by atoms with Crippen LogP contribution in [0.1, 0.15) is 17.0 Å². The molecule has 0 bridgehead atoms. The summed E-state index contributed by atoms with van der Waals surface area (Å²) in [6.45, 7) is 0. The zero-order valence-electron chi connectivity index (χ0n) is 10.9. The molecule has 3 rings (SSSR count). The lowest BCUT2D eigenvalue weighted by molar-refractivity contribution is -0.746. The third-order valence-corrected chi connectivity index (χ3v) is 3.42. The number of aryl methyl sites for hydroxylation is 1. The van der Waals surface area contributed by atoms with E-state index in [0.29, 0.717) is 5.69 Å². The first-order valence-electron chi connectivity index (χ1n) is 6.24. The molecular formula is C15H13F3N2. The van der Waals surface area contributed by atoms with Crippen LogP contribution in [0, 0.1) is 6.42 Å². The van der Waals surface area contributed by atoms with Gasteiger partial charge in [0.15, 0.2) is 0 Å². The van der Waals surface area contributed by atoms with Crippen LogP contribution in [0.2, 0.25) is 0 Å². The van der Waals surface area contributed by atoms with Crippen molar-refractivity contribution in [3.63, 3.8) is 0 Å². The van der Waals surface area contributed by atoms with Crippen molar-refractivity contribution in [3.8, 4) is 5.69 Å². The fourth-order valence-electron chi connectivity index (χ4n) is 2.43. The Morgan fingerprint density at radius 2 is 2.05 bits per heavy atom. The number of imidazole rings is 1. The molecule has 0 atom stereocenters. The second kappa shape index (κ2) is 4.44. The van der Waals surface area contributed by atoms with Gasteiger partial charge in [-0.1, -0.05) is 18.6 Å². The number of hydrogen-bond donors (Lipinski definition) is 0. The van der Waals surface area contributed by atoms with Gasteiger partial charge in [-0.25, -0.2) is 21.6 Å². The smallest absolute Gasteiger partial charge is 0.244 e. The van der Waals surface area contributed by atoms with Crippen molar-refractivity contribution in [2.24, 2.45) is 7.05 Å². The van der Waals surface area contributed by atoms with Crippen molar-refractivity contribution in [2.45, 2.75) is 12.6 Å². The number of fused-ring (bicyclic) bond motifs is 1. The van der Waals surface area contributed by atoms with Gasteiger partial charge in [-0.3, -0.25) is 0 Å². The quantitative estimate of drug-likeness (QED) is 0.558. The Morgan fingerprint density at radius 3 is 2.80 bits per heavy atom. The third-order valence-electron chi connectivity index (χ3n) is 3.42. The molecule has 0 saturated carbocycles. The second-order valence-electron chi connectivity index (χ2n) is 4.78. The van der Waals surface area contributed by atoms with E-state index < -0.39 is 11.7 Å². The molecule has 0 spiro atoms. The van der Waals surface area contributed by atoms with E-state index in [9.17, 15) is 13.2 Å². The summed E-state index contributed by atoms with van der Waals surface area (Å²) in [6, 6.07) is 5.38. The molecule has 1 heterocycles. The van der Waals surface area contributed by atoms with Crippen molar-refractivity contribution in [3.05, 3.63) is 60.0 Å². The Morgan fingerprint density at radius 1 is 1.25 bits per heavy atom. The lowest BCUT2D eigenvalue weighted by atomic mass is 10.1. The van der Waals surface area contributed by atoms with Crippen molar-refractivity contribution >= 4 is 6.08 Å². The monoisotopic (exact) mass is 278 g/mol. The maximum atomic E-state index is 12.8. The first-order valence-corrected chi connectivity index (χ1v) is 6.24. The lowest BCUT2D eigenvalue weighted by Gasteiger charge is -2.12. The van der Waals surface area contributed by atoms with Crippen LogP contribution in [0.25, 0.3) is 11.8 Å². The number of benzene rings is 1. The normalized spacial score (nSPS) is 14.0. The van der Waals surface area contributed by atoms with E-state index in [1.54, 1.807) is 10.6 Å². The first-order chi connectivity index (χ1) is 9.47. The zero-order chi connectivity index (χ0) is 14.3. The van der Waals surface area contributed by atoms with Crippen molar-refractivity contribution in [2.75, 3.05) is 0 Å². The molecule has 2 aromatic rings. The summed E-state index contributed by atoms with van der Waals surface area (Å²) >= 11 is 0. The van der Waals surface area contributed by atoms with Crippen LogP contribution in [-0.4, -0.2) is 0 Å². The van der Waals surface area contributed by atoms with E-state index in [0.717, 1.165) is 23.9 Å². The minimum atomic E-state index is -4.32. The van der Waals surface area contributed by atoms with E-state index in [1.807, 2.05) is 36.5 Å². The van der Waals surface area contributed by atoms with Gasteiger partial charge in [-0.2, -0.15) is 19.2 Å². The number of alkyl halides is 3. The number of rotatable bonds is 1. The number of nitrogens with zero attached hydrogens (tertiary/aromatic N) is 2. The van der Waals surface area contributed by atoms with Crippen molar-refractivity contribution in [1.82, 2.24) is 0 Å². The predicted octanol–water partition coefficient (Wildman–Crippen LogP) is 2.30. The first kappa shape index (κ1) is 12.8. The Bertz CT molecular complexity index is 681. The molecule has 0 unspecified atom stereocenters. The Hall–Kier alpha value is -2.17. The molecule has 20 heavy (non-hydrogen) atoms. The van der Waals surface area contributed by atoms with E-state index in [-0.39, 0.29) is 0 Å². The largest absolute Gasteiger partial charge is 0.415 e. The van der Waals surface area contributed by atoms with Gasteiger partial charge in [0.2, 0.25) is 0 Å². The molecule has 0 radical (unpaired) electrons. The maximum Gasteiger partial charge on any atom is 0.415 e. The fourth-order valence-corrected chi connectivity index (χ4v) is 2.43. The number of aromatic nitrogens is 2. The highest BCUT2D eigenvalue weighted by atomic mass is 19.4. The second-order valence-corrected chi connectivity index (χ2v) is 4.78. The van der Waals surface area contributed by atoms with Gasteiger partial charge >= 0.3 is 12.5 Å². The van der Waals surface area contributed by atoms with Crippen LogP contribution >= 0.6 is 0 Å². The van der Waals surface area contributed by atoms with E-state index in [1.165, 1.54) is 12.1 Å². The Kier molecular flexibility index (Phi) is 2.85. The highest BCUT2D eigenvalue weighted by molar-refractivity contribution is 5.49. The lowest BCUT2D eigenvalue weighted by Crippen LogP contribution is -2.36. The average Bonchev–Trinajstić information content (AvgIpc) is 2.76. The number of halogens is 3. The standard InChI is InChI=1S/C15H13F3N2/c1-19-10-20(14-8-3-2-7-13(14)19)12-6-4-5-11(9-12)15(16,17)18/h2-6,8-10H,7H2,1H3. The molecule has 0 saturated heterocycles. The van der Waals surface area contributed by atoms with Gasteiger partial charge in [0.25, 0.3) is 0 Å². The molecule has 1 aliphatic carbocycles. The van der Waals surface area contributed by atoms with Gasteiger partial charge in [-0.15, -0.1) is 0 Å². The minimum absolute atomic E-state index is 0.517. The van der Waals surface area contributed by atoms with Crippen LogP contribution < -0.4 is 9.13 Å². The Balaban J connectivity index is 2.13. The zero-order valence-corrected chi connectivity index (χ0v) is 10.9. The Labute approximate surface area is 114 Å². The van der Waals surface area contributed by atoms with Gasteiger partial charge in [-0.05, 0) is 12.1 Å². The molecule has 1 aromatic carbocycles. The van der Waals surface area contributed by atoms with Crippen molar-refractivity contribution < 1.29 is 22.3 Å². The summed E-state index contributed by atoms with van der Waals surface area (Å²) in [4.78, 5) is 0. The minimum Gasteiger partial charge on any atom is -0.244 e. The van der Waals surface area contributed by atoms with Crippen LogP contribution in [0.15, 0.2) is 36.7 Å². The molecule has 0 fully saturated rings. The van der Waals surface area contributed by atoms with Crippen molar-refractivity contribution in [1.29, 1.82) is 0 Å². The highest BCUT2D eigenvalue weighted by Crippen LogP contribution is 2.29. The van der Waals surface area contributed by atoms with Crippen LogP contribution in [0.5, 0.6) is 0 Å². The molecule has 1 aliphatic rings. The molecule has 2 nitrogen and oxygen atoms in total. The highest BCUT2D eigenvalue weighted by Gasteiger charge is 2.31. The van der Waals surface area contributed by atoms with Crippen LogP contribution in [0.3, 0.4) is 0 Å². The summed E-state index contributed by atoms with van der Waals surface area (Å²) in [7, 11) is 1.90. The topological polar surface area (TPSA) is 7.76 Å². The predicted molar refractivity (Wildman–Crippen MR) is 66.8 cm³/mol. The summed E-state index contributed by atoms with van der Waals surface area (Å²) in [5.41, 5.74) is 1.90. The summed E-state index contributed by atoms with van der Waals surface area (Å²) < 4.78 is 42.1. The molecule has 0 amide bonds. The van der Waals surface area contributed by atoms with E-state index >= 15 is 0 Å². The van der Waals surface area contributed by atoms with Crippen LogP contribution in [-0.2, 0) is 19.6 Å². The summed E-state index contributed by atoms with van der Waals surface area (Å²) in [6.07, 6.45) is 4.14. The third kappa shape index (κ3) is 2.09. The van der Waals surface area contributed by atoms with Crippen LogP contribution in [0.4, 0.5) is 13.2 Å². The fraction of sp³-hybridized carbons (Fsp3) is 0.200. The molecule has 104 valence electrons. The molecule has 5 heteroatoms. The summed E-state index contributed by atoms with van der Waals surface area (Å²) in [5.74, 6) is 0. The van der Waals surface area contributed by atoms with Gasteiger partial charge in [0.1, 0.15) is 18.4 Å². The average molecular weight is 278 g/mol. The molecule has 1 aromatic heterocycles. The summed E-state index contributed by atoms with van der Waals surface area (Å²) in [5, 5.41) is 0. The van der Waals surface area contributed by atoms with Gasteiger partial charge in [0.05, 0.1) is 11.3 Å². The molecule has 0 aliphatic heterocycles. The van der Waals surface area contributed by atoms with E-state index in [2.05, 4.69) is 0 Å².